The maximum Gasteiger partial charge on any atom is 0.0653 e. The maximum atomic E-state index is 4.27. The van der Waals surface area contributed by atoms with E-state index in [1.54, 1.807) is 0 Å². The molecule has 5 heteroatoms. The maximum absolute atomic E-state index is 4.27. The van der Waals surface area contributed by atoms with Crippen molar-refractivity contribution in [1.29, 1.82) is 0 Å². The number of pyridine rings is 1. The van der Waals surface area contributed by atoms with Gasteiger partial charge in [-0.2, -0.15) is 5.10 Å². The van der Waals surface area contributed by atoms with Gasteiger partial charge in [0.05, 0.1) is 11.7 Å². The Labute approximate surface area is 129 Å². The van der Waals surface area contributed by atoms with E-state index in [1.165, 1.54) is 11.1 Å². The topological polar surface area (TPSA) is 56.8 Å². The lowest BCUT2D eigenvalue weighted by molar-refractivity contribution is 0.153. The number of hydrogen-bond donors (Lipinski definition) is 2. The molecule has 0 bridgehead atoms. The van der Waals surface area contributed by atoms with E-state index in [-0.39, 0.29) is 0 Å². The summed E-state index contributed by atoms with van der Waals surface area (Å²) < 4.78 is 0. The van der Waals surface area contributed by atoms with Crippen molar-refractivity contribution in [3.63, 3.8) is 0 Å². The minimum absolute atomic E-state index is 0.375. The summed E-state index contributed by atoms with van der Waals surface area (Å²) in [5, 5.41) is 11.8. The summed E-state index contributed by atoms with van der Waals surface area (Å²) >= 11 is 0. The van der Waals surface area contributed by atoms with Crippen LogP contribution >= 0.6 is 0 Å². The standard InChI is InChI=1S/C17H19N5/c1-2-15(9-18-5-1)17-11-19-6-7-22(17)12-13-3-4-14-10-20-21-16(14)8-13/h1-5,8-10,17,19H,6-7,11-12H2,(H,20,21). The number of H-pyrrole nitrogens is 1. The molecular weight excluding hydrogens is 274 g/mol. The van der Waals surface area contributed by atoms with Crippen LogP contribution in [-0.2, 0) is 6.54 Å². The van der Waals surface area contributed by atoms with Crippen LogP contribution < -0.4 is 5.32 Å². The summed E-state index contributed by atoms with van der Waals surface area (Å²) in [5.41, 5.74) is 3.69. The van der Waals surface area contributed by atoms with Crippen LogP contribution in [0.2, 0.25) is 0 Å². The van der Waals surface area contributed by atoms with Crippen LogP contribution in [0.15, 0.2) is 48.9 Å². The molecule has 22 heavy (non-hydrogen) atoms. The Morgan fingerprint density at radius 1 is 1.23 bits per heavy atom. The Morgan fingerprint density at radius 3 is 3.14 bits per heavy atom. The number of nitrogens with zero attached hydrogens (tertiary/aromatic N) is 3. The van der Waals surface area contributed by atoms with Gasteiger partial charge in [-0.15, -0.1) is 0 Å². The van der Waals surface area contributed by atoms with Crippen LogP contribution in [0.1, 0.15) is 17.2 Å². The molecule has 1 aromatic carbocycles. The van der Waals surface area contributed by atoms with Crippen molar-refractivity contribution in [3.05, 3.63) is 60.0 Å². The molecule has 112 valence electrons. The van der Waals surface area contributed by atoms with Crippen LogP contribution in [0, 0.1) is 0 Å². The van der Waals surface area contributed by atoms with Gasteiger partial charge in [0.2, 0.25) is 0 Å². The Morgan fingerprint density at radius 2 is 2.23 bits per heavy atom. The van der Waals surface area contributed by atoms with Crippen LogP contribution in [0.3, 0.4) is 0 Å². The number of hydrogen-bond acceptors (Lipinski definition) is 4. The van der Waals surface area contributed by atoms with Crippen LogP contribution in [0.4, 0.5) is 0 Å². The second-order valence-electron chi connectivity index (χ2n) is 5.77. The van der Waals surface area contributed by atoms with Gasteiger partial charge < -0.3 is 5.32 Å². The quantitative estimate of drug-likeness (QED) is 0.776. The Kier molecular flexibility index (Phi) is 3.58. The highest BCUT2D eigenvalue weighted by atomic mass is 15.2. The highest BCUT2D eigenvalue weighted by Crippen LogP contribution is 2.24. The summed E-state index contributed by atoms with van der Waals surface area (Å²) in [6, 6.07) is 11.1. The van der Waals surface area contributed by atoms with Gasteiger partial charge in [-0.25, -0.2) is 0 Å². The molecule has 4 rings (SSSR count). The molecule has 0 saturated carbocycles. The van der Waals surface area contributed by atoms with Gasteiger partial charge in [-0.3, -0.25) is 15.0 Å². The van der Waals surface area contributed by atoms with Crippen LogP contribution in [0.5, 0.6) is 0 Å². The Hall–Kier alpha value is -2.24. The fourth-order valence-corrected chi connectivity index (χ4v) is 3.15. The van der Waals surface area contributed by atoms with E-state index in [0.717, 1.165) is 37.1 Å². The van der Waals surface area contributed by atoms with Gasteiger partial charge in [-0.1, -0.05) is 18.2 Å². The van der Waals surface area contributed by atoms with E-state index in [4.69, 9.17) is 0 Å². The third-order valence-electron chi connectivity index (χ3n) is 4.32. The lowest BCUT2D eigenvalue weighted by atomic mass is 10.0. The zero-order chi connectivity index (χ0) is 14.8. The molecule has 0 amide bonds. The van der Waals surface area contributed by atoms with Gasteiger partial charge in [0, 0.05) is 50.0 Å². The van der Waals surface area contributed by atoms with E-state index in [2.05, 4.69) is 49.7 Å². The van der Waals surface area contributed by atoms with E-state index < -0.39 is 0 Å². The molecule has 0 radical (unpaired) electrons. The van der Waals surface area contributed by atoms with Crippen molar-refractivity contribution >= 4 is 10.9 Å². The summed E-state index contributed by atoms with van der Waals surface area (Å²) in [6.45, 7) is 3.98. The zero-order valence-electron chi connectivity index (χ0n) is 12.4. The van der Waals surface area contributed by atoms with Crippen molar-refractivity contribution < 1.29 is 0 Å². The molecule has 2 N–H and O–H groups in total. The first-order valence-electron chi connectivity index (χ1n) is 7.67. The van der Waals surface area contributed by atoms with E-state index in [1.807, 2.05) is 24.7 Å². The molecule has 5 nitrogen and oxygen atoms in total. The van der Waals surface area contributed by atoms with Gasteiger partial charge in [-0.05, 0) is 23.3 Å². The van der Waals surface area contributed by atoms with Crippen molar-refractivity contribution in [2.45, 2.75) is 12.6 Å². The number of rotatable bonds is 3. The van der Waals surface area contributed by atoms with E-state index in [0.29, 0.717) is 6.04 Å². The molecule has 1 fully saturated rings. The van der Waals surface area contributed by atoms with Gasteiger partial charge >= 0.3 is 0 Å². The van der Waals surface area contributed by atoms with Gasteiger partial charge in [0.15, 0.2) is 0 Å². The number of nitrogens with one attached hydrogen (secondary N) is 2. The highest BCUT2D eigenvalue weighted by molar-refractivity contribution is 5.78. The fourth-order valence-electron chi connectivity index (χ4n) is 3.15. The predicted molar refractivity (Wildman–Crippen MR) is 86.4 cm³/mol. The predicted octanol–water partition coefficient (Wildman–Crippen LogP) is 2.10. The zero-order valence-corrected chi connectivity index (χ0v) is 12.4. The van der Waals surface area contributed by atoms with Gasteiger partial charge in [0.1, 0.15) is 0 Å². The smallest absolute Gasteiger partial charge is 0.0653 e. The molecule has 1 unspecified atom stereocenters. The first-order chi connectivity index (χ1) is 10.9. The molecule has 0 aliphatic carbocycles. The van der Waals surface area contributed by atoms with Crippen molar-refractivity contribution in [1.82, 2.24) is 25.4 Å². The van der Waals surface area contributed by atoms with Crippen molar-refractivity contribution in [2.24, 2.45) is 0 Å². The first-order valence-corrected chi connectivity index (χ1v) is 7.67. The van der Waals surface area contributed by atoms with Gasteiger partial charge in [0.25, 0.3) is 0 Å². The first kappa shape index (κ1) is 13.4. The second-order valence-corrected chi connectivity index (χ2v) is 5.77. The van der Waals surface area contributed by atoms with E-state index >= 15 is 0 Å². The summed E-state index contributed by atoms with van der Waals surface area (Å²) in [7, 11) is 0. The molecule has 1 saturated heterocycles. The molecule has 3 aromatic rings. The SMILES string of the molecule is c1cncc(C2CNCCN2Cc2ccc3cn[nH]c3c2)c1. The molecular formula is C17H19N5. The third kappa shape index (κ3) is 2.61. The lowest BCUT2D eigenvalue weighted by Gasteiger charge is -2.36. The number of benzene rings is 1. The average molecular weight is 293 g/mol. The molecule has 3 heterocycles. The molecule has 1 atom stereocenters. The average Bonchev–Trinajstić information content (AvgIpc) is 3.04. The highest BCUT2D eigenvalue weighted by Gasteiger charge is 2.23. The monoisotopic (exact) mass is 293 g/mol. The lowest BCUT2D eigenvalue weighted by Crippen LogP contribution is -2.45. The summed E-state index contributed by atoms with van der Waals surface area (Å²) in [5.74, 6) is 0. The number of aromatic amines is 1. The number of piperazine rings is 1. The second kappa shape index (κ2) is 5.87. The van der Waals surface area contributed by atoms with Crippen LogP contribution in [-0.4, -0.2) is 39.7 Å². The van der Waals surface area contributed by atoms with E-state index in [9.17, 15) is 0 Å². The Bertz CT molecular complexity index is 752. The largest absolute Gasteiger partial charge is 0.314 e. The molecule has 1 aliphatic heterocycles. The fraction of sp³-hybridized carbons (Fsp3) is 0.294. The Balaban J connectivity index is 1.59. The molecule has 1 aliphatic rings. The molecule has 0 spiro atoms. The number of fused-ring (bicyclic) bond motifs is 1. The third-order valence-corrected chi connectivity index (χ3v) is 4.32. The summed E-state index contributed by atoms with van der Waals surface area (Å²) in [4.78, 5) is 6.79. The molecule has 2 aromatic heterocycles. The van der Waals surface area contributed by atoms with Crippen molar-refractivity contribution in [3.8, 4) is 0 Å². The van der Waals surface area contributed by atoms with Crippen molar-refractivity contribution in [2.75, 3.05) is 19.6 Å². The summed E-state index contributed by atoms with van der Waals surface area (Å²) in [6.07, 6.45) is 5.67. The van der Waals surface area contributed by atoms with Crippen LogP contribution in [0.25, 0.3) is 10.9 Å². The minimum atomic E-state index is 0.375. The number of aromatic nitrogens is 3. The minimum Gasteiger partial charge on any atom is -0.314 e. The normalized spacial score (nSPS) is 19.5.